The van der Waals surface area contributed by atoms with Crippen molar-refractivity contribution < 1.29 is 8.42 Å². The molecule has 1 aliphatic rings. The zero-order valence-electron chi connectivity index (χ0n) is 12.5. The summed E-state index contributed by atoms with van der Waals surface area (Å²) in [7, 11) is -3.58. The first-order valence-corrected chi connectivity index (χ1v) is 8.37. The summed E-state index contributed by atoms with van der Waals surface area (Å²) in [5.74, 6) is 0.325. The second kappa shape index (κ2) is 5.20. The van der Waals surface area contributed by atoms with Crippen LogP contribution >= 0.6 is 0 Å². The van der Waals surface area contributed by atoms with Crippen LogP contribution in [0.2, 0.25) is 0 Å². The first-order valence-electron chi connectivity index (χ1n) is 6.89. The fraction of sp³-hybridized carbons (Fsp3) is 0.533. The maximum absolute atomic E-state index is 12.2. The van der Waals surface area contributed by atoms with E-state index in [1.165, 1.54) is 0 Å². The number of hydrazone groups is 1. The van der Waals surface area contributed by atoms with Gasteiger partial charge in [-0.15, -0.1) is 0 Å². The van der Waals surface area contributed by atoms with Gasteiger partial charge >= 0.3 is 0 Å². The van der Waals surface area contributed by atoms with E-state index in [0.29, 0.717) is 5.92 Å². The van der Waals surface area contributed by atoms with Gasteiger partial charge in [-0.05, 0) is 37.8 Å². The second-order valence-corrected chi connectivity index (χ2v) is 7.89. The van der Waals surface area contributed by atoms with Gasteiger partial charge in [0.25, 0.3) is 10.0 Å². The summed E-state index contributed by atoms with van der Waals surface area (Å²) < 4.78 is 24.4. The molecule has 1 N–H and O–H groups in total. The molecule has 20 heavy (non-hydrogen) atoms. The third-order valence-electron chi connectivity index (χ3n) is 3.98. The van der Waals surface area contributed by atoms with Gasteiger partial charge in [0.2, 0.25) is 0 Å². The molecule has 1 atom stereocenters. The Balaban J connectivity index is 2.23. The average molecular weight is 294 g/mol. The molecule has 0 bridgehead atoms. The third-order valence-corrected chi connectivity index (χ3v) is 5.20. The minimum absolute atomic E-state index is 0.0325. The zero-order valence-corrected chi connectivity index (χ0v) is 13.3. The molecule has 1 saturated carbocycles. The molecule has 1 aliphatic carbocycles. The van der Waals surface area contributed by atoms with Gasteiger partial charge in [-0.1, -0.05) is 38.5 Å². The van der Waals surface area contributed by atoms with Gasteiger partial charge in [0, 0.05) is 11.1 Å². The molecule has 1 aromatic rings. The fourth-order valence-corrected chi connectivity index (χ4v) is 3.47. The van der Waals surface area contributed by atoms with Crippen LogP contribution in [-0.4, -0.2) is 14.1 Å². The van der Waals surface area contributed by atoms with Crippen LogP contribution in [0.5, 0.6) is 0 Å². The predicted molar refractivity (Wildman–Crippen MR) is 81.1 cm³/mol. The quantitative estimate of drug-likeness (QED) is 0.871. The molecule has 0 spiro atoms. The number of aryl methyl sites for hydroxylation is 1. The van der Waals surface area contributed by atoms with Crippen LogP contribution in [0.15, 0.2) is 34.3 Å². The fourth-order valence-electron chi connectivity index (χ4n) is 2.65. The van der Waals surface area contributed by atoms with Crippen molar-refractivity contribution in [3.05, 3.63) is 29.8 Å². The van der Waals surface area contributed by atoms with Gasteiger partial charge < -0.3 is 0 Å². The standard InChI is InChI=1S/C15H22N2O2S/c1-11-5-7-13(8-6-11)20(18,19)17-16-14-12(2)9-10-15(14,3)4/h5-8,12,17H,9-10H2,1-4H3/b16-14-/t12-/m1/s1. The first-order chi connectivity index (χ1) is 9.22. The molecule has 0 saturated heterocycles. The second-order valence-electron chi connectivity index (χ2n) is 6.23. The summed E-state index contributed by atoms with van der Waals surface area (Å²) >= 11 is 0. The van der Waals surface area contributed by atoms with E-state index in [-0.39, 0.29) is 10.3 Å². The lowest BCUT2D eigenvalue weighted by Crippen LogP contribution is -2.27. The molecule has 0 radical (unpaired) electrons. The summed E-state index contributed by atoms with van der Waals surface area (Å²) in [6.45, 7) is 8.23. The molecule has 1 aromatic carbocycles. The van der Waals surface area contributed by atoms with Crippen molar-refractivity contribution in [2.75, 3.05) is 0 Å². The Hall–Kier alpha value is -1.36. The molecule has 0 aliphatic heterocycles. The van der Waals surface area contributed by atoms with E-state index in [2.05, 4.69) is 30.7 Å². The molecule has 4 nitrogen and oxygen atoms in total. The van der Waals surface area contributed by atoms with Crippen LogP contribution in [0.4, 0.5) is 0 Å². The topological polar surface area (TPSA) is 58.5 Å². The van der Waals surface area contributed by atoms with E-state index >= 15 is 0 Å². The third kappa shape index (κ3) is 3.03. The predicted octanol–water partition coefficient (Wildman–Crippen LogP) is 3.09. The number of hydrogen-bond donors (Lipinski definition) is 1. The van der Waals surface area contributed by atoms with Crippen LogP contribution in [-0.2, 0) is 10.0 Å². The molecule has 0 amide bonds. The number of nitrogens with one attached hydrogen (secondary N) is 1. The highest BCUT2D eigenvalue weighted by atomic mass is 32.2. The van der Waals surface area contributed by atoms with Gasteiger partial charge in [-0.3, -0.25) is 0 Å². The van der Waals surface area contributed by atoms with Gasteiger partial charge in [0.1, 0.15) is 0 Å². The van der Waals surface area contributed by atoms with E-state index in [1.54, 1.807) is 24.3 Å². The molecule has 2 rings (SSSR count). The highest BCUT2D eigenvalue weighted by Crippen LogP contribution is 2.38. The number of sulfonamides is 1. The van der Waals surface area contributed by atoms with Gasteiger partial charge in [0.05, 0.1) is 4.90 Å². The zero-order chi connectivity index (χ0) is 15.0. The van der Waals surface area contributed by atoms with Crippen molar-refractivity contribution in [3.8, 4) is 0 Å². The SMILES string of the molecule is Cc1ccc(S(=O)(=O)N/N=C2/[C@H](C)CCC2(C)C)cc1. The lowest BCUT2D eigenvalue weighted by Gasteiger charge is -2.19. The lowest BCUT2D eigenvalue weighted by molar-refractivity contribution is 0.505. The number of rotatable bonds is 3. The number of hydrogen-bond acceptors (Lipinski definition) is 3. The first kappa shape index (κ1) is 15.0. The van der Waals surface area contributed by atoms with Crippen LogP contribution in [0.3, 0.4) is 0 Å². The summed E-state index contributed by atoms with van der Waals surface area (Å²) in [6.07, 6.45) is 2.09. The van der Waals surface area contributed by atoms with Gasteiger partial charge in [0.15, 0.2) is 0 Å². The molecule has 110 valence electrons. The smallest absolute Gasteiger partial charge is 0.200 e. The van der Waals surface area contributed by atoms with Crippen molar-refractivity contribution >= 4 is 15.7 Å². The Labute approximate surface area is 121 Å². The molecule has 0 aromatic heterocycles. The van der Waals surface area contributed by atoms with Crippen molar-refractivity contribution in [2.45, 2.75) is 45.4 Å². The largest absolute Gasteiger partial charge is 0.276 e. The minimum atomic E-state index is -3.58. The number of nitrogens with zero attached hydrogens (tertiary/aromatic N) is 1. The van der Waals surface area contributed by atoms with Crippen LogP contribution in [0.1, 0.15) is 39.2 Å². The van der Waals surface area contributed by atoms with E-state index in [9.17, 15) is 8.42 Å². The van der Waals surface area contributed by atoms with E-state index in [1.807, 2.05) is 6.92 Å². The molecule has 1 fully saturated rings. The Morgan fingerprint density at radius 1 is 1.25 bits per heavy atom. The van der Waals surface area contributed by atoms with Crippen molar-refractivity contribution in [3.63, 3.8) is 0 Å². The molecule has 5 heteroatoms. The van der Waals surface area contributed by atoms with Crippen molar-refractivity contribution in [1.29, 1.82) is 0 Å². The molecular weight excluding hydrogens is 272 g/mol. The van der Waals surface area contributed by atoms with Crippen molar-refractivity contribution in [2.24, 2.45) is 16.4 Å². The Morgan fingerprint density at radius 2 is 1.85 bits per heavy atom. The van der Waals surface area contributed by atoms with Crippen LogP contribution < -0.4 is 4.83 Å². The Morgan fingerprint density at radius 3 is 2.35 bits per heavy atom. The van der Waals surface area contributed by atoms with E-state index < -0.39 is 10.0 Å². The Kier molecular flexibility index (Phi) is 3.91. The normalized spacial score (nSPS) is 24.0. The molecular formula is C15H22N2O2S. The number of benzene rings is 1. The summed E-state index contributed by atoms with van der Waals surface area (Å²) in [4.78, 5) is 2.63. The minimum Gasteiger partial charge on any atom is -0.200 e. The molecule has 0 unspecified atom stereocenters. The van der Waals surface area contributed by atoms with Crippen molar-refractivity contribution in [1.82, 2.24) is 4.83 Å². The maximum atomic E-state index is 12.2. The Bertz CT molecular complexity index is 616. The summed E-state index contributed by atoms with van der Waals surface area (Å²) in [5.41, 5.74) is 1.93. The van der Waals surface area contributed by atoms with Crippen LogP contribution in [0, 0.1) is 18.3 Å². The van der Waals surface area contributed by atoms with Gasteiger partial charge in [-0.25, -0.2) is 4.83 Å². The van der Waals surface area contributed by atoms with Gasteiger partial charge in [-0.2, -0.15) is 13.5 Å². The van der Waals surface area contributed by atoms with E-state index in [4.69, 9.17) is 0 Å². The van der Waals surface area contributed by atoms with Crippen LogP contribution in [0.25, 0.3) is 0 Å². The average Bonchev–Trinajstić information content (AvgIpc) is 2.62. The monoisotopic (exact) mass is 294 g/mol. The van der Waals surface area contributed by atoms with E-state index in [0.717, 1.165) is 24.1 Å². The lowest BCUT2D eigenvalue weighted by atomic mass is 9.88. The highest BCUT2D eigenvalue weighted by Gasteiger charge is 2.36. The maximum Gasteiger partial charge on any atom is 0.276 e. The highest BCUT2D eigenvalue weighted by molar-refractivity contribution is 7.89. The summed E-state index contributed by atoms with van der Waals surface area (Å²) in [5, 5.41) is 4.21. The molecule has 0 heterocycles. The summed E-state index contributed by atoms with van der Waals surface area (Å²) in [6, 6.07) is 6.76.